The number of carbonyl (C=O) groups excluding carboxylic acids is 1. The Kier molecular flexibility index (Phi) is 8.14. The van der Waals surface area contributed by atoms with Crippen LogP contribution >= 0.6 is 0 Å². The summed E-state index contributed by atoms with van der Waals surface area (Å²) in [6.45, 7) is 4.60. The Balaban J connectivity index is 1.54. The lowest BCUT2D eigenvalue weighted by Crippen LogP contribution is -2.42. The minimum Gasteiger partial charge on any atom is -0.394 e. The van der Waals surface area contributed by atoms with Crippen LogP contribution in [0.2, 0.25) is 0 Å². The van der Waals surface area contributed by atoms with Gasteiger partial charge in [-0.15, -0.1) is 5.10 Å². The van der Waals surface area contributed by atoms with Crippen molar-refractivity contribution in [1.29, 1.82) is 0 Å². The Hall–Kier alpha value is -3.75. The van der Waals surface area contributed by atoms with Crippen LogP contribution in [0.25, 0.3) is 0 Å². The Labute approximate surface area is 216 Å². The third-order valence-corrected chi connectivity index (χ3v) is 6.35. The van der Waals surface area contributed by atoms with E-state index >= 15 is 0 Å². The Bertz CT molecular complexity index is 1420. The second kappa shape index (κ2) is 11.3. The van der Waals surface area contributed by atoms with Gasteiger partial charge in [0, 0.05) is 24.4 Å². The summed E-state index contributed by atoms with van der Waals surface area (Å²) in [6, 6.07) is 1.68. The summed E-state index contributed by atoms with van der Waals surface area (Å²) in [6.07, 6.45) is 1.61. The Morgan fingerprint density at radius 3 is 2.71 bits per heavy atom. The number of nitrogens with one attached hydrogen (secondary N) is 1. The summed E-state index contributed by atoms with van der Waals surface area (Å²) >= 11 is 0. The van der Waals surface area contributed by atoms with Gasteiger partial charge in [-0.05, 0) is 25.0 Å². The third-order valence-electron chi connectivity index (χ3n) is 6.35. The maximum Gasteiger partial charge on any atom is 0.333 e. The van der Waals surface area contributed by atoms with E-state index in [1.54, 1.807) is 6.92 Å². The highest BCUT2D eigenvalue weighted by Gasteiger charge is 2.35. The average molecular weight is 532 g/mol. The van der Waals surface area contributed by atoms with Crippen LogP contribution in [0.3, 0.4) is 0 Å². The van der Waals surface area contributed by atoms with Gasteiger partial charge in [0.2, 0.25) is 5.91 Å². The molecule has 0 bridgehead atoms. The van der Waals surface area contributed by atoms with Crippen LogP contribution in [0.15, 0.2) is 40.3 Å². The number of nitrogens with zero attached hydrogens (tertiary/aromatic N) is 6. The first-order valence-corrected chi connectivity index (χ1v) is 12.1. The number of halogens is 1. The first kappa shape index (κ1) is 27.3. The van der Waals surface area contributed by atoms with Crippen molar-refractivity contribution in [2.75, 3.05) is 6.61 Å². The van der Waals surface area contributed by atoms with E-state index in [4.69, 9.17) is 4.74 Å². The Morgan fingerprint density at radius 1 is 1.29 bits per heavy atom. The van der Waals surface area contributed by atoms with Gasteiger partial charge < -0.3 is 20.3 Å². The largest absolute Gasteiger partial charge is 0.394 e. The van der Waals surface area contributed by atoms with Crippen molar-refractivity contribution in [2.45, 2.75) is 64.8 Å². The van der Waals surface area contributed by atoms with Crippen molar-refractivity contribution in [3.63, 3.8) is 0 Å². The van der Waals surface area contributed by atoms with Crippen LogP contribution < -0.4 is 16.6 Å². The molecule has 1 aliphatic rings. The van der Waals surface area contributed by atoms with Crippen molar-refractivity contribution in [2.24, 2.45) is 5.92 Å². The molecule has 4 atom stereocenters. The van der Waals surface area contributed by atoms with Crippen LogP contribution in [0.4, 0.5) is 4.39 Å². The van der Waals surface area contributed by atoms with Gasteiger partial charge in [0.25, 0.3) is 5.56 Å². The van der Waals surface area contributed by atoms with Crippen LogP contribution in [-0.4, -0.2) is 64.0 Å². The molecule has 3 N–H and O–H groups in total. The molecule has 0 radical (unpaired) electrons. The molecule has 1 amide bonds. The molecule has 0 saturated carbocycles. The highest BCUT2D eigenvalue weighted by Crippen LogP contribution is 2.27. The van der Waals surface area contributed by atoms with Gasteiger partial charge in [-0.3, -0.25) is 23.7 Å². The molecule has 1 saturated heterocycles. The SMILES string of the molecule is Cc1cn(C2C[C@H](O)C(CO)O2)c(=O)n(Cc2cn([C@H](C(=O)NCc3cc(F)ccn3)C(C)C)nn2)c1=O. The number of carbonyl (C=O) groups is 1. The highest BCUT2D eigenvalue weighted by molar-refractivity contribution is 5.80. The number of ether oxygens (including phenoxy) is 1. The van der Waals surface area contributed by atoms with Crippen LogP contribution in [0.5, 0.6) is 0 Å². The zero-order valence-corrected chi connectivity index (χ0v) is 21.2. The lowest BCUT2D eigenvalue weighted by atomic mass is 10.0. The predicted molar refractivity (Wildman–Crippen MR) is 130 cm³/mol. The van der Waals surface area contributed by atoms with Gasteiger partial charge in [-0.1, -0.05) is 19.1 Å². The number of pyridine rings is 1. The highest BCUT2D eigenvalue weighted by atomic mass is 19.1. The second-order valence-electron chi connectivity index (χ2n) is 9.57. The van der Waals surface area contributed by atoms with Gasteiger partial charge >= 0.3 is 5.69 Å². The van der Waals surface area contributed by atoms with Gasteiger partial charge in [-0.25, -0.2) is 13.9 Å². The molecule has 2 unspecified atom stereocenters. The summed E-state index contributed by atoms with van der Waals surface area (Å²) in [5.74, 6) is -1.04. The quantitative estimate of drug-likeness (QED) is 0.334. The fraction of sp³-hybridized carbons (Fsp3) is 0.500. The second-order valence-corrected chi connectivity index (χ2v) is 9.57. The van der Waals surface area contributed by atoms with E-state index in [1.807, 2.05) is 13.8 Å². The van der Waals surface area contributed by atoms with Crippen molar-refractivity contribution < 1.29 is 24.1 Å². The third kappa shape index (κ3) is 5.71. The molecule has 204 valence electrons. The number of aromatic nitrogens is 6. The molecule has 0 spiro atoms. The van der Waals surface area contributed by atoms with Crippen LogP contribution in [0, 0.1) is 18.7 Å². The van der Waals surface area contributed by atoms with Gasteiger partial charge in [-0.2, -0.15) is 0 Å². The summed E-state index contributed by atoms with van der Waals surface area (Å²) in [4.78, 5) is 43.0. The van der Waals surface area contributed by atoms with Crippen molar-refractivity contribution >= 4 is 5.91 Å². The molecular formula is C24H30FN7O6. The minimum absolute atomic E-state index is 0.0225. The molecule has 0 aliphatic carbocycles. The maximum absolute atomic E-state index is 13.4. The molecular weight excluding hydrogens is 501 g/mol. The molecule has 1 aliphatic heterocycles. The van der Waals surface area contributed by atoms with E-state index in [0.717, 1.165) is 4.57 Å². The standard InChI is InChI=1S/C24H30FN7O6/c1-13(2)21(22(35)27-8-16-6-15(25)4-5-26-16)32-11-17(28-29-32)10-31-23(36)14(3)9-30(24(31)37)20-7-18(34)19(12-33)38-20/h4-6,9,11,13,18-21,33-34H,7-8,10,12H2,1-3H3,(H,27,35)/t18-,19?,20?,21-/m0/s1. The van der Waals surface area contributed by atoms with E-state index in [0.29, 0.717) is 5.69 Å². The summed E-state index contributed by atoms with van der Waals surface area (Å²) < 4.78 is 22.6. The summed E-state index contributed by atoms with van der Waals surface area (Å²) in [5, 5.41) is 30.3. The molecule has 14 heteroatoms. The van der Waals surface area contributed by atoms with E-state index in [-0.39, 0.29) is 42.6 Å². The number of aliphatic hydroxyl groups is 2. The number of hydrogen-bond acceptors (Lipinski definition) is 9. The smallest absolute Gasteiger partial charge is 0.333 e. The predicted octanol–water partition coefficient (Wildman–Crippen LogP) is -0.353. The number of rotatable bonds is 9. The fourth-order valence-electron chi connectivity index (χ4n) is 4.39. The van der Waals surface area contributed by atoms with Crippen molar-refractivity contribution in [1.82, 2.24) is 34.4 Å². The molecule has 1 fully saturated rings. The van der Waals surface area contributed by atoms with E-state index in [1.165, 1.54) is 40.0 Å². The molecule has 3 aromatic heterocycles. The summed E-state index contributed by atoms with van der Waals surface area (Å²) in [7, 11) is 0. The normalized spacial score (nSPS) is 20.1. The Morgan fingerprint density at radius 2 is 2.05 bits per heavy atom. The zero-order chi connectivity index (χ0) is 27.6. The molecule has 13 nitrogen and oxygen atoms in total. The summed E-state index contributed by atoms with van der Waals surface area (Å²) in [5.41, 5.74) is -0.301. The molecule has 3 aromatic rings. The van der Waals surface area contributed by atoms with E-state index < -0.39 is 48.2 Å². The van der Waals surface area contributed by atoms with Crippen molar-refractivity contribution in [3.8, 4) is 0 Å². The van der Waals surface area contributed by atoms with Crippen molar-refractivity contribution in [3.05, 3.63) is 74.3 Å². The number of hydrogen-bond donors (Lipinski definition) is 3. The van der Waals surface area contributed by atoms with Crippen LogP contribution in [0.1, 0.15) is 49.5 Å². The maximum atomic E-state index is 13.4. The van der Waals surface area contributed by atoms with Crippen LogP contribution in [-0.2, 0) is 22.6 Å². The molecule has 38 heavy (non-hydrogen) atoms. The average Bonchev–Trinajstić information content (AvgIpc) is 3.48. The number of aliphatic hydroxyl groups excluding tert-OH is 2. The van der Waals surface area contributed by atoms with Gasteiger partial charge in [0.1, 0.15) is 29.9 Å². The lowest BCUT2D eigenvalue weighted by molar-refractivity contribution is -0.126. The lowest BCUT2D eigenvalue weighted by Gasteiger charge is -2.20. The van der Waals surface area contributed by atoms with E-state index in [2.05, 4.69) is 20.6 Å². The molecule has 4 heterocycles. The van der Waals surface area contributed by atoms with Gasteiger partial charge in [0.15, 0.2) is 0 Å². The fourth-order valence-corrected chi connectivity index (χ4v) is 4.39. The topological polar surface area (TPSA) is 166 Å². The van der Waals surface area contributed by atoms with Gasteiger partial charge in [0.05, 0.1) is 37.7 Å². The first-order chi connectivity index (χ1) is 18.1. The molecule has 4 rings (SSSR count). The molecule has 0 aromatic carbocycles. The number of aryl methyl sites for hydroxylation is 1. The first-order valence-electron chi connectivity index (χ1n) is 12.1. The zero-order valence-electron chi connectivity index (χ0n) is 21.2. The minimum atomic E-state index is -0.951. The number of amides is 1. The monoisotopic (exact) mass is 531 g/mol. The van der Waals surface area contributed by atoms with E-state index in [9.17, 15) is 29.0 Å².